The summed E-state index contributed by atoms with van der Waals surface area (Å²) in [6, 6.07) is 3.64. The standard InChI is InChI=1S/C14H21BrN2O3.ClH/c1-20-13-9-10(15)8-11(14(13)19)12(2-7-18)17-5-3-16-4-6-17;/h8-9,12,16,18-19H,2-7H2,1H3;1H/t12-;/m0./s1. The topological polar surface area (TPSA) is 65.0 Å². The molecule has 0 radical (unpaired) electrons. The molecule has 5 nitrogen and oxygen atoms in total. The van der Waals surface area contributed by atoms with Gasteiger partial charge in [0.05, 0.1) is 7.11 Å². The van der Waals surface area contributed by atoms with E-state index in [1.54, 1.807) is 6.07 Å². The van der Waals surface area contributed by atoms with E-state index in [0.29, 0.717) is 12.2 Å². The Kier molecular flexibility index (Phi) is 7.76. The molecule has 1 saturated heterocycles. The molecule has 2 rings (SSSR count). The fourth-order valence-electron chi connectivity index (χ4n) is 2.65. The molecule has 1 fully saturated rings. The molecule has 1 aliphatic heterocycles. The minimum absolute atomic E-state index is 0. The zero-order valence-electron chi connectivity index (χ0n) is 12.0. The highest BCUT2D eigenvalue weighted by molar-refractivity contribution is 9.10. The van der Waals surface area contributed by atoms with E-state index in [2.05, 4.69) is 26.1 Å². The van der Waals surface area contributed by atoms with Crippen LogP contribution in [-0.2, 0) is 0 Å². The highest BCUT2D eigenvalue weighted by Gasteiger charge is 2.25. The zero-order chi connectivity index (χ0) is 14.5. The van der Waals surface area contributed by atoms with Gasteiger partial charge in [-0.1, -0.05) is 15.9 Å². The predicted molar refractivity (Wildman–Crippen MR) is 88.5 cm³/mol. The number of methoxy groups -OCH3 is 1. The Morgan fingerprint density at radius 2 is 2.05 bits per heavy atom. The molecule has 3 N–H and O–H groups in total. The van der Waals surface area contributed by atoms with Gasteiger partial charge in [0.1, 0.15) is 0 Å². The summed E-state index contributed by atoms with van der Waals surface area (Å²) < 4.78 is 6.07. The van der Waals surface area contributed by atoms with Crippen molar-refractivity contribution in [2.75, 3.05) is 39.9 Å². The number of aliphatic hydroxyl groups is 1. The van der Waals surface area contributed by atoms with Crippen LogP contribution in [0.5, 0.6) is 11.5 Å². The number of phenols is 1. The first-order valence-corrected chi connectivity index (χ1v) is 7.58. The highest BCUT2D eigenvalue weighted by Crippen LogP contribution is 2.40. The Labute approximate surface area is 139 Å². The molecule has 0 spiro atoms. The van der Waals surface area contributed by atoms with E-state index in [4.69, 9.17) is 4.74 Å². The molecule has 0 amide bonds. The molecule has 1 atom stereocenters. The van der Waals surface area contributed by atoms with Gasteiger partial charge in [-0.25, -0.2) is 0 Å². The lowest BCUT2D eigenvalue weighted by Gasteiger charge is -2.35. The summed E-state index contributed by atoms with van der Waals surface area (Å²) >= 11 is 3.45. The number of nitrogens with one attached hydrogen (secondary N) is 1. The molecule has 1 aromatic carbocycles. The van der Waals surface area contributed by atoms with Gasteiger partial charge in [-0.3, -0.25) is 4.90 Å². The minimum atomic E-state index is -0.00602. The van der Waals surface area contributed by atoms with Crippen molar-refractivity contribution in [3.63, 3.8) is 0 Å². The van der Waals surface area contributed by atoms with Gasteiger partial charge in [0, 0.05) is 48.9 Å². The largest absolute Gasteiger partial charge is 0.504 e. The third kappa shape index (κ3) is 4.47. The first kappa shape index (κ1) is 18.5. The van der Waals surface area contributed by atoms with Gasteiger partial charge >= 0.3 is 0 Å². The summed E-state index contributed by atoms with van der Waals surface area (Å²) in [5.74, 6) is 0.611. The van der Waals surface area contributed by atoms with Gasteiger partial charge in [0.15, 0.2) is 11.5 Å². The first-order valence-electron chi connectivity index (χ1n) is 6.79. The van der Waals surface area contributed by atoms with Gasteiger partial charge in [0.2, 0.25) is 0 Å². The molecule has 0 unspecified atom stereocenters. The fourth-order valence-corrected chi connectivity index (χ4v) is 3.11. The third-order valence-corrected chi connectivity index (χ3v) is 4.10. The second-order valence-corrected chi connectivity index (χ2v) is 5.78. The van der Waals surface area contributed by atoms with E-state index < -0.39 is 0 Å². The van der Waals surface area contributed by atoms with Crippen molar-refractivity contribution in [3.05, 3.63) is 22.2 Å². The average Bonchev–Trinajstić information content (AvgIpc) is 2.48. The smallest absolute Gasteiger partial charge is 0.162 e. The van der Waals surface area contributed by atoms with Gasteiger partial charge < -0.3 is 20.3 Å². The number of nitrogens with zero attached hydrogens (tertiary/aromatic N) is 1. The second kappa shape index (κ2) is 8.80. The molecule has 0 saturated carbocycles. The van der Waals surface area contributed by atoms with Crippen molar-refractivity contribution in [1.82, 2.24) is 10.2 Å². The third-order valence-electron chi connectivity index (χ3n) is 3.64. The number of rotatable bonds is 5. The molecule has 7 heteroatoms. The molecule has 0 bridgehead atoms. The van der Waals surface area contributed by atoms with Crippen LogP contribution in [0.15, 0.2) is 16.6 Å². The first-order chi connectivity index (χ1) is 9.67. The van der Waals surface area contributed by atoms with Crippen molar-refractivity contribution in [3.8, 4) is 11.5 Å². The fraction of sp³-hybridized carbons (Fsp3) is 0.571. The van der Waals surface area contributed by atoms with Crippen LogP contribution >= 0.6 is 28.3 Å². The SMILES string of the molecule is COc1cc(Br)cc([C@H](CCO)N2CCNCC2)c1O.Cl. The number of hydrogen-bond donors (Lipinski definition) is 3. The van der Waals surface area contributed by atoms with Crippen LogP contribution in [-0.4, -0.2) is 55.0 Å². The van der Waals surface area contributed by atoms with Crippen LogP contribution in [0.3, 0.4) is 0 Å². The van der Waals surface area contributed by atoms with Gasteiger partial charge in [-0.15, -0.1) is 12.4 Å². The summed E-state index contributed by atoms with van der Waals surface area (Å²) in [7, 11) is 1.54. The van der Waals surface area contributed by atoms with Crippen molar-refractivity contribution in [1.29, 1.82) is 0 Å². The Morgan fingerprint density at radius 1 is 1.38 bits per heavy atom. The van der Waals surface area contributed by atoms with E-state index in [9.17, 15) is 10.2 Å². The minimum Gasteiger partial charge on any atom is -0.504 e. The molecular weight excluding hydrogens is 360 g/mol. The lowest BCUT2D eigenvalue weighted by atomic mass is 10.00. The molecule has 1 aromatic rings. The molecule has 21 heavy (non-hydrogen) atoms. The summed E-state index contributed by atoms with van der Waals surface area (Å²) in [5, 5.41) is 23.0. The van der Waals surface area contributed by atoms with Crippen LogP contribution in [0.2, 0.25) is 0 Å². The molecule has 120 valence electrons. The maximum Gasteiger partial charge on any atom is 0.162 e. The number of ether oxygens (including phenoxy) is 1. The summed E-state index contributed by atoms with van der Waals surface area (Å²) in [5.41, 5.74) is 0.798. The van der Waals surface area contributed by atoms with Crippen molar-refractivity contribution >= 4 is 28.3 Å². The number of aliphatic hydroxyl groups excluding tert-OH is 1. The maximum absolute atomic E-state index is 10.4. The average molecular weight is 382 g/mol. The Hall–Kier alpha value is -0.530. The number of benzene rings is 1. The number of halogens is 2. The number of hydrogen-bond acceptors (Lipinski definition) is 5. The number of piperazine rings is 1. The lowest BCUT2D eigenvalue weighted by molar-refractivity contribution is 0.138. The van der Waals surface area contributed by atoms with Gasteiger partial charge in [-0.05, 0) is 18.6 Å². The van der Waals surface area contributed by atoms with E-state index in [1.807, 2.05) is 6.07 Å². The van der Waals surface area contributed by atoms with E-state index in [1.165, 1.54) is 7.11 Å². The summed E-state index contributed by atoms with van der Waals surface area (Å²) in [4.78, 5) is 2.29. The monoisotopic (exact) mass is 380 g/mol. The molecule has 1 aliphatic rings. The second-order valence-electron chi connectivity index (χ2n) is 4.86. The van der Waals surface area contributed by atoms with Crippen LogP contribution < -0.4 is 10.1 Å². The molecular formula is C14H22BrClN2O3. The summed E-state index contributed by atoms with van der Waals surface area (Å²) in [6.07, 6.45) is 0.590. The van der Waals surface area contributed by atoms with E-state index in [0.717, 1.165) is 36.2 Å². The van der Waals surface area contributed by atoms with Crippen molar-refractivity contribution in [2.24, 2.45) is 0 Å². The van der Waals surface area contributed by atoms with Crippen molar-refractivity contribution < 1.29 is 14.9 Å². The number of phenolic OH excluding ortho intramolecular Hbond substituents is 1. The Bertz CT molecular complexity index is 456. The van der Waals surface area contributed by atoms with Crippen LogP contribution in [0.25, 0.3) is 0 Å². The maximum atomic E-state index is 10.4. The predicted octanol–water partition coefficient (Wildman–Crippen LogP) is 1.91. The van der Waals surface area contributed by atoms with E-state index >= 15 is 0 Å². The van der Waals surface area contributed by atoms with E-state index in [-0.39, 0.29) is 30.8 Å². The highest BCUT2D eigenvalue weighted by atomic mass is 79.9. The van der Waals surface area contributed by atoms with Gasteiger partial charge in [0.25, 0.3) is 0 Å². The zero-order valence-corrected chi connectivity index (χ0v) is 14.4. The molecule has 0 aliphatic carbocycles. The quantitative estimate of drug-likeness (QED) is 0.727. The Balaban J connectivity index is 0.00000220. The van der Waals surface area contributed by atoms with Crippen LogP contribution in [0, 0.1) is 0 Å². The molecule has 1 heterocycles. The van der Waals surface area contributed by atoms with Gasteiger partial charge in [-0.2, -0.15) is 0 Å². The summed E-state index contributed by atoms with van der Waals surface area (Å²) in [6.45, 7) is 3.74. The van der Waals surface area contributed by atoms with Crippen LogP contribution in [0.4, 0.5) is 0 Å². The van der Waals surface area contributed by atoms with Crippen molar-refractivity contribution in [2.45, 2.75) is 12.5 Å². The normalized spacial score (nSPS) is 17.1. The molecule has 0 aromatic heterocycles. The van der Waals surface area contributed by atoms with Crippen LogP contribution in [0.1, 0.15) is 18.0 Å². The number of aromatic hydroxyl groups is 1. The lowest BCUT2D eigenvalue weighted by Crippen LogP contribution is -2.45. The Morgan fingerprint density at radius 3 is 2.62 bits per heavy atom.